The van der Waals surface area contributed by atoms with Crippen LogP contribution in [-0.2, 0) is 4.79 Å². The van der Waals surface area contributed by atoms with Gasteiger partial charge in [-0.1, -0.05) is 11.8 Å². The average Bonchev–Trinajstić information content (AvgIpc) is 2.24. The largest absolute Gasteiger partial charge is 0.342 e. The molecular formula is C14H26N2O. The summed E-state index contributed by atoms with van der Waals surface area (Å²) in [6.07, 6.45) is 0. The first-order valence-corrected chi connectivity index (χ1v) is 6.34. The van der Waals surface area contributed by atoms with Crippen molar-refractivity contribution in [3.05, 3.63) is 0 Å². The van der Waals surface area contributed by atoms with Gasteiger partial charge in [0.15, 0.2) is 0 Å². The lowest BCUT2D eigenvalue weighted by molar-refractivity contribution is -0.132. The molecule has 0 aromatic carbocycles. The van der Waals surface area contributed by atoms with Gasteiger partial charge in [0.25, 0.3) is 0 Å². The Hall–Kier alpha value is -1.01. The van der Waals surface area contributed by atoms with Crippen molar-refractivity contribution < 1.29 is 4.79 Å². The van der Waals surface area contributed by atoms with Crippen molar-refractivity contribution in [2.75, 3.05) is 19.6 Å². The molecule has 0 aliphatic heterocycles. The molecule has 0 aliphatic carbocycles. The van der Waals surface area contributed by atoms with Crippen LogP contribution in [0.1, 0.15) is 41.5 Å². The second-order valence-corrected chi connectivity index (χ2v) is 5.16. The highest BCUT2D eigenvalue weighted by molar-refractivity contribution is 5.81. The third kappa shape index (κ3) is 7.01. The molecule has 0 fully saturated rings. The molecule has 0 spiro atoms. The lowest BCUT2D eigenvalue weighted by Gasteiger charge is -2.22. The summed E-state index contributed by atoms with van der Waals surface area (Å²) in [5.41, 5.74) is 0.0216. The van der Waals surface area contributed by atoms with Gasteiger partial charge in [-0.05, 0) is 41.5 Å². The van der Waals surface area contributed by atoms with Gasteiger partial charge in [-0.3, -0.25) is 10.1 Å². The van der Waals surface area contributed by atoms with Crippen molar-refractivity contribution in [1.29, 1.82) is 0 Å². The fraction of sp³-hybridized carbons (Fsp3) is 0.786. The Morgan fingerprint density at radius 2 is 1.82 bits per heavy atom. The maximum absolute atomic E-state index is 11.9. The van der Waals surface area contributed by atoms with Gasteiger partial charge in [0.05, 0.1) is 12.6 Å². The molecule has 0 rings (SSSR count). The zero-order valence-corrected chi connectivity index (χ0v) is 12.1. The van der Waals surface area contributed by atoms with Crippen LogP contribution in [0.4, 0.5) is 0 Å². The predicted molar refractivity (Wildman–Crippen MR) is 72.6 cm³/mol. The van der Waals surface area contributed by atoms with Crippen LogP contribution in [0.3, 0.4) is 0 Å². The number of carbonyl (C=O) groups is 1. The van der Waals surface area contributed by atoms with Gasteiger partial charge >= 0.3 is 0 Å². The molecule has 1 amide bonds. The maximum Gasteiger partial charge on any atom is 0.239 e. The number of hydrogen-bond donors (Lipinski definition) is 1. The summed E-state index contributed by atoms with van der Waals surface area (Å²) in [5.74, 6) is 6.34. The Labute approximate surface area is 106 Å². The molecule has 0 bridgehead atoms. The molecule has 0 heterocycles. The summed E-state index contributed by atoms with van der Waals surface area (Å²) in [4.78, 5) is 13.7. The van der Waals surface area contributed by atoms with Crippen LogP contribution < -0.4 is 5.32 Å². The van der Waals surface area contributed by atoms with Gasteiger partial charge in [0.1, 0.15) is 0 Å². The molecule has 3 nitrogen and oxygen atoms in total. The van der Waals surface area contributed by atoms with Crippen LogP contribution >= 0.6 is 0 Å². The minimum absolute atomic E-state index is 0.0216. The van der Waals surface area contributed by atoms with Crippen molar-refractivity contribution in [2.45, 2.75) is 47.6 Å². The van der Waals surface area contributed by atoms with E-state index in [0.29, 0.717) is 6.54 Å². The number of nitrogens with one attached hydrogen (secondary N) is 1. The summed E-state index contributed by atoms with van der Waals surface area (Å²) in [6, 6.07) is -0.163. The van der Waals surface area contributed by atoms with Gasteiger partial charge in [0.2, 0.25) is 5.91 Å². The highest BCUT2D eigenvalue weighted by Crippen LogP contribution is 2.09. The van der Waals surface area contributed by atoms with E-state index in [0.717, 1.165) is 13.1 Å². The highest BCUT2D eigenvalue weighted by Gasteiger charge is 2.16. The molecule has 98 valence electrons. The number of rotatable bonds is 5. The van der Waals surface area contributed by atoms with E-state index in [1.165, 1.54) is 0 Å². The van der Waals surface area contributed by atoms with Crippen LogP contribution in [-0.4, -0.2) is 36.5 Å². The SMILES string of the molecule is CCN(CC)C(=O)C(C)NCC#CC(C)(C)C. The van der Waals surface area contributed by atoms with Crippen LogP contribution in [0, 0.1) is 17.3 Å². The smallest absolute Gasteiger partial charge is 0.239 e. The standard InChI is InChI=1S/C14H26N2O/c1-7-16(8-2)13(17)12(3)15-11-9-10-14(4,5)6/h12,15H,7-8,11H2,1-6H3. The minimum atomic E-state index is -0.163. The molecule has 0 saturated heterocycles. The van der Waals surface area contributed by atoms with Crippen LogP contribution in [0.2, 0.25) is 0 Å². The highest BCUT2D eigenvalue weighted by atomic mass is 16.2. The van der Waals surface area contributed by atoms with Gasteiger partial charge in [-0.15, -0.1) is 0 Å². The Bertz CT molecular complexity index is 290. The molecule has 3 heteroatoms. The molecule has 0 aromatic rings. The summed E-state index contributed by atoms with van der Waals surface area (Å²) < 4.78 is 0. The fourth-order valence-corrected chi connectivity index (χ4v) is 1.41. The first-order chi connectivity index (χ1) is 7.81. The Morgan fingerprint density at radius 3 is 2.24 bits per heavy atom. The van der Waals surface area contributed by atoms with E-state index in [2.05, 4.69) is 37.9 Å². The fourth-order valence-electron chi connectivity index (χ4n) is 1.41. The third-order valence-electron chi connectivity index (χ3n) is 2.41. The van der Waals surface area contributed by atoms with Gasteiger partial charge in [0, 0.05) is 18.5 Å². The predicted octanol–water partition coefficient (Wildman–Crippen LogP) is 1.88. The molecule has 0 saturated carbocycles. The van der Waals surface area contributed by atoms with E-state index in [1.807, 2.05) is 25.7 Å². The van der Waals surface area contributed by atoms with Gasteiger partial charge < -0.3 is 4.90 Å². The van der Waals surface area contributed by atoms with Crippen molar-refractivity contribution >= 4 is 5.91 Å². The Kier molecular flexibility index (Phi) is 6.91. The van der Waals surface area contributed by atoms with Crippen LogP contribution in [0.5, 0.6) is 0 Å². The number of carbonyl (C=O) groups excluding carboxylic acids is 1. The normalized spacial score (nSPS) is 12.6. The second-order valence-electron chi connectivity index (χ2n) is 5.16. The van der Waals surface area contributed by atoms with Crippen molar-refractivity contribution in [1.82, 2.24) is 10.2 Å². The number of likely N-dealkylation sites (N-methyl/N-ethyl adjacent to an activating group) is 1. The quantitative estimate of drug-likeness (QED) is 0.742. The molecule has 1 N–H and O–H groups in total. The summed E-state index contributed by atoms with van der Waals surface area (Å²) >= 11 is 0. The zero-order chi connectivity index (χ0) is 13.5. The number of hydrogen-bond acceptors (Lipinski definition) is 2. The van der Waals surface area contributed by atoms with Crippen LogP contribution in [0.15, 0.2) is 0 Å². The average molecular weight is 238 g/mol. The summed E-state index contributed by atoms with van der Waals surface area (Å²) in [6.45, 7) is 14.2. The monoisotopic (exact) mass is 238 g/mol. The van der Waals surface area contributed by atoms with Crippen molar-refractivity contribution in [3.63, 3.8) is 0 Å². The second kappa shape index (κ2) is 7.34. The zero-order valence-electron chi connectivity index (χ0n) is 12.1. The number of amides is 1. The lowest BCUT2D eigenvalue weighted by atomic mass is 9.98. The van der Waals surface area contributed by atoms with E-state index >= 15 is 0 Å². The molecule has 0 aromatic heterocycles. The Morgan fingerprint density at radius 1 is 1.29 bits per heavy atom. The first kappa shape index (κ1) is 16.0. The van der Waals surface area contributed by atoms with E-state index in [4.69, 9.17) is 0 Å². The minimum Gasteiger partial charge on any atom is -0.342 e. The van der Waals surface area contributed by atoms with E-state index in [9.17, 15) is 4.79 Å². The molecule has 17 heavy (non-hydrogen) atoms. The van der Waals surface area contributed by atoms with E-state index in [-0.39, 0.29) is 17.4 Å². The topological polar surface area (TPSA) is 32.3 Å². The van der Waals surface area contributed by atoms with Crippen molar-refractivity contribution in [3.8, 4) is 11.8 Å². The lowest BCUT2D eigenvalue weighted by Crippen LogP contribution is -2.44. The van der Waals surface area contributed by atoms with E-state index in [1.54, 1.807) is 0 Å². The van der Waals surface area contributed by atoms with Crippen LogP contribution in [0.25, 0.3) is 0 Å². The Balaban J connectivity index is 4.13. The molecule has 0 radical (unpaired) electrons. The summed E-state index contributed by atoms with van der Waals surface area (Å²) in [5, 5.41) is 3.14. The van der Waals surface area contributed by atoms with Gasteiger partial charge in [-0.25, -0.2) is 0 Å². The maximum atomic E-state index is 11.9. The summed E-state index contributed by atoms with van der Waals surface area (Å²) in [7, 11) is 0. The molecule has 1 unspecified atom stereocenters. The molecular weight excluding hydrogens is 212 g/mol. The number of nitrogens with zero attached hydrogens (tertiary/aromatic N) is 1. The third-order valence-corrected chi connectivity index (χ3v) is 2.41. The molecule has 1 atom stereocenters. The molecule has 0 aliphatic rings. The first-order valence-electron chi connectivity index (χ1n) is 6.34. The van der Waals surface area contributed by atoms with Gasteiger partial charge in [-0.2, -0.15) is 0 Å². The van der Waals surface area contributed by atoms with Crippen molar-refractivity contribution in [2.24, 2.45) is 5.41 Å². The van der Waals surface area contributed by atoms with E-state index < -0.39 is 0 Å².